The van der Waals surface area contributed by atoms with Gasteiger partial charge in [0.2, 0.25) is 0 Å². The maximum atomic E-state index is 12.4. The van der Waals surface area contributed by atoms with Gasteiger partial charge in [0.05, 0.1) is 11.2 Å². The molecule has 3 rings (SSSR count). The average Bonchev–Trinajstić information content (AvgIpc) is 2.50. The zero-order valence-electron chi connectivity index (χ0n) is 12.6. The number of nitriles is 1. The van der Waals surface area contributed by atoms with E-state index in [4.69, 9.17) is 5.11 Å². The number of aryl methyl sites for hydroxylation is 1. The average molecular weight is 309 g/mol. The molecular formula is C17H15N3O3. The molecule has 0 unspecified atom stereocenters. The maximum Gasteiger partial charge on any atom is 0.327 e. The lowest BCUT2D eigenvalue weighted by Gasteiger charge is -2.40. The van der Waals surface area contributed by atoms with E-state index in [-0.39, 0.29) is 17.0 Å². The highest BCUT2D eigenvalue weighted by atomic mass is 16.4. The molecule has 6 nitrogen and oxygen atoms in total. The molecule has 23 heavy (non-hydrogen) atoms. The monoisotopic (exact) mass is 309 g/mol. The third-order valence-corrected chi connectivity index (χ3v) is 4.12. The number of anilines is 1. The third-order valence-electron chi connectivity index (χ3n) is 4.12. The summed E-state index contributed by atoms with van der Waals surface area (Å²) in [5.74, 6) is -0.861. The Kier molecular flexibility index (Phi) is 3.62. The number of fused-ring (bicyclic) bond motifs is 1. The van der Waals surface area contributed by atoms with E-state index in [0.29, 0.717) is 18.8 Å². The molecule has 1 aromatic heterocycles. The van der Waals surface area contributed by atoms with Crippen molar-refractivity contribution in [2.75, 3.05) is 18.0 Å². The summed E-state index contributed by atoms with van der Waals surface area (Å²) in [5, 5.41) is 18.9. The van der Waals surface area contributed by atoms with Crippen molar-refractivity contribution in [1.29, 1.82) is 5.26 Å². The third kappa shape index (κ3) is 2.46. The van der Waals surface area contributed by atoms with Crippen LogP contribution in [0.2, 0.25) is 0 Å². The molecule has 1 aliphatic rings. The smallest absolute Gasteiger partial charge is 0.327 e. The molecule has 0 amide bonds. The molecule has 116 valence electrons. The molecule has 1 fully saturated rings. The van der Waals surface area contributed by atoms with Crippen LogP contribution in [0.5, 0.6) is 0 Å². The molecule has 0 bridgehead atoms. The number of pyridine rings is 1. The van der Waals surface area contributed by atoms with Crippen molar-refractivity contribution in [3.8, 4) is 6.07 Å². The van der Waals surface area contributed by atoms with Gasteiger partial charge in [-0.15, -0.1) is 0 Å². The van der Waals surface area contributed by atoms with Crippen LogP contribution in [0.15, 0.2) is 41.2 Å². The minimum Gasteiger partial charge on any atom is -0.478 e. The van der Waals surface area contributed by atoms with Crippen molar-refractivity contribution >= 4 is 22.6 Å². The number of aliphatic carboxylic acids is 1. The molecule has 0 atom stereocenters. The molecular weight excluding hydrogens is 294 g/mol. The SMILES string of the molecule is Cn1c(=O)c(C#N)c(N2CC(/C=C/C(=O)O)C2)c2ccccc21. The standard InChI is InChI=1S/C17H15N3O3/c1-19-14-5-3-2-4-12(14)16(13(8-18)17(19)23)20-9-11(10-20)6-7-15(21)22/h2-7,11H,9-10H2,1H3,(H,21,22)/b7-6+. The molecule has 0 saturated carbocycles. The Balaban J connectivity index is 2.05. The van der Waals surface area contributed by atoms with Gasteiger partial charge in [0, 0.05) is 37.5 Å². The van der Waals surface area contributed by atoms with Crippen molar-refractivity contribution in [2.24, 2.45) is 13.0 Å². The van der Waals surface area contributed by atoms with E-state index in [1.54, 1.807) is 13.1 Å². The summed E-state index contributed by atoms with van der Waals surface area (Å²) in [6.45, 7) is 1.19. The number of nitrogens with zero attached hydrogens (tertiary/aromatic N) is 3. The molecule has 0 spiro atoms. The second-order valence-corrected chi connectivity index (χ2v) is 5.58. The van der Waals surface area contributed by atoms with Crippen LogP contribution in [0, 0.1) is 17.2 Å². The number of hydrogen-bond donors (Lipinski definition) is 1. The van der Waals surface area contributed by atoms with Crippen molar-refractivity contribution in [3.05, 3.63) is 52.3 Å². The Morgan fingerprint density at radius 3 is 2.74 bits per heavy atom. The Morgan fingerprint density at radius 2 is 2.09 bits per heavy atom. The number of rotatable bonds is 3. The number of hydrogen-bond acceptors (Lipinski definition) is 4. The molecule has 0 radical (unpaired) electrons. The fourth-order valence-corrected chi connectivity index (χ4v) is 2.94. The number of carboxylic acids is 1. The van der Waals surface area contributed by atoms with Gasteiger partial charge in [0.25, 0.3) is 5.56 Å². The minimum absolute atomic E-state index is 0.112. The summed E-state index contributed by atoms with van der Waals surface area (Å²) >= 11 is 0. The van der Waals surface area contributed by atoms with Crippen LogP contribution >= 0.6 is 0 Å². The highest BCUT2D eigenvalue weighted by Gasteiger charge is 2.29. The van der Waals surface area contributed by atoms with Crippen LogP contribution in [-0.4, -0.2) is 28.7 Å². The number of carbonyl (C=O) groups is 1. The molecule has 2 aromatic rings. The van der Waals surface area contributed by atoms with Crippen LogP contribution in [0.4, 0.5) is 5.69 Å². The van der Waals surface area contributed by atoms with Crippen molar-refractivity contribution in [2.45, 2.75) is 0 Å². The van der Waals surface area contributed by atoms with Gasteiger partial charge in [0.15, 0.2) is 0 Å². The van der Waals surface area contributed by atoms with Gasteiger partial charge in [-0.1, -0.05) is 24.3 Å². The van der Waals surface area contributed by atoms with E-state index in [2.05, 4.69) is 0 Å². The van der Waals surface area contributed by atoms with E-state index < -0.39 is 5.97 Å². The second kappa shape index (κ2) is 5.61. The van der Waals surface area contributed by atoms with E-state index in [0.717, 1.165) is 17.0 Å². The number of para-hydroxylation sites is 1. The summed E-state index contributed by atoms with van der Waals surface area (Å²) in [6.07, 6.45) is 2.78. The Morgan fingerprint density at radius 1 is 1.39 bits per heavy atom. The lowest BCUT2D eigenvalue weighted by molar-refractivity contribution is -0.131. The topological polar surface area (TPSA) is 86.3 Å². The summed E-state index contributed by atoms with van der Waals surface area (Å²) in [5.41, 5.74) is 1.24. The van der Waals surface area contributed by atoms with Gasteiger partial charge in [-0.05, 0) is 6.07 Å². The highest BCUT2D eigenvalue weighted by Crippen LogP contribution is 2.33. The predicted octanol–water partition coefficient (Wildman–Crippen LogP) is 1.49. The maximum absolute atomic E-state index is 12.4. The van der Waals surface area contributed by atoms with E-state index >= 15 is 0 Å². The number of benzene rings is 1. The van der Waals surface area contributed by atoms with E-state index in [1.165, 1.54) is 4.57 Å². The normalized spacial score (nSPS) is 14.9. The van der Waals surface area contributed by atoms with Gasteiger partial charge < -0.3 is 14.6 Å². The van der Waals surface area contributed by atoms with Crippen molar-refractivity contribution in [1.82, 2.24) is 4.57 Å². The zero-order chi connectivity index (χ0) is 16.6. The number of carboxylic acid groups (broad SMARTS) is 1. The first kappa shape index (κ1) is 14.9. The summed E-state index contributed by atoms with van der Waals surface area (Å²) in [6, 6.07) is 9.50. The van der Waals surface area contributed by atoms with Crippen LogP contribution in [0.1, 0.15) is 5.56 Å². The summed E-state index contributed by atoms with van der Waals surface area (Å²) < 4.78 is 1.49. The summed E-state index contributed by atoms with van der Waals surface area (Å²) in [4.78, 5) is 24.9. The molecule has 0 aliphatic carbocycles. The molecule has 1 N–H and O–H groups in total. The fraction of sp³-hybridized carbons (Fsp3) is 0.235. The zero-order valence-corrected chi connectivity index (χ0v) is 12.6. The van der Waals surface area contributed by atoms with Gasteiger partial charge in [-0.2, -0.15) is 5.26 Å². The van der Waals surface area contributed by atoms with Gasteiger partial charge in [0.1, 0.15) is 11.6 Å². The molecule has 1 aromatic carbocycles. The minimum atomic E-state index is -0.972. The van der Waals surface area contributed by atoms with Crippen LogP contribution in [0.3, 0.4) is 0 Å². The van der Waals surface area contributed by atoms with Crippen molar-refractivity contribution < 1.29 is 9.90 Å². The lowest BCUT2D eigenvalue weighted by Crippen LogP contribution is -2.47. The van der Waals surface area contributed by atoms with Crippen LogP contribution in [0.25, 0.3) is 10.9 Å². The van der Waals surface area contributed by atoms with E-state index in [1.807, 2.05) is 35.2 Å². The number of aromatic nitrogens is 1. The summed E-state index contributed by atoms with van der Waals surface area (Å²) in [7, 11) is 1.66. The Hall–Kier alpha value is -3.07. The van der Waals surface area contributed by atoms with Gasteiger partial charge in [-0.25, -0.2) is 4.79 Å². The lowest BCUT2D eigenvalue weighted by atomic mass is 9.96. The molecule has 6 heteroatoms. The highest BCUT2D eigenvalue weighted by molar-refractivity contribution is 5.95. The Bertz CT molecular complexity index is 915. The quantitative estimate of drug-likeness (QED) is 0.868. The van der Waals surface area contributed by atoms with Crippen LogP contribution in [-0.2, 0) is 11.8 Å². The first-order chi connectivity index (χ1) is 11.0. The fourth-order valence-electron chi connectivity index (χ4n) is 2.94. The Labute approximate surface area is 132 Å². The van der Waals surface area contributed by atoms with Crippen molar-refractivity contribution in [3.63, 3.8) is 0 Å². The molecule has 1 saturated heterocycles. The second-order valence-electron chi connectivity index (χ2n) is 5.58. The predicted molar refractivity (Wildman–Crippen MR) is 86.4 cm³/mol. The van der Waals surface area contributed by atoms with E-state index in [9.17, 15) is 14.9 Å². The van der Waals surface area contributed by atoms with Gasteiger partial charge >= 0.3 is 5.97 Å². The first-order valence-corrected chi connectivity index (χ1v) is 7.21. The molecule has 2 heterocycles. The van der Waals surface area contributed by atoms with Gasteiger partial charge in [-0.3, -0.25) is 4.79 Å². The largest absolute Gasteiger partial charge is 0.478 e. The first-order valence-electron chi connectivity index (χ1n) is 7.21. The van der Waals surface area contributed by atoms with Crippen LogP contribution < -0.4 is 10.5 Å². The molecule has 1 aliphatic heterocycles.